The molecule has 0 spiro atoms. The molecule has 41 heteroatoms. The summed E-state index contributed by atoms with van der Waals surface area (Å²) in [7, 11) is -0.793. The third-order valence-corrected chi connectivity index (χ3v) is 24.5. The number of para-hydroxylation sites is 2. The molecule has 0 aliphatic carbocycles. The molecule has 14 rings (SSSR count). The van der Waals surface area contributed by atoms with Gasteiger partial charge < -0.3 is 48.4 Å². The van der Waals surface area contributed by atoms with E-state index in [2.05, 4.69) is 73.1 Å². The number of ether oxygens (including phenoxy) is 2. The molecular formula is C74H85N18O20PS2. The smallest absolute Gasteiger partial charge is 0.388 e. The summed E-state index contributed by atoms with van der Waals surface area (Å²) in [5, 5.41) is 49.3. The minimum atomic E-state index is -4.72. The molecule has 6 aromatic rings. The Morgan fingerprint density at radius 3 is 1.41 bits per heavy atom. The van der Waals surface area contributed by atoms with E-state index >= 15 is 0 Å². The summed E-state index contributed by atoms with van der Waals surface area (Å²) < 4.78 is 44.7. The molecular weight excluding hydrogens is 1560 g/mol. The summed E-state index contributed by atoms with van der Waals surface area (Å²) in [4.78, 5) is 164. The average Bonchev–Trinajstić information content (AvgIpc) is 1.56. The molecule has 0 bridgehead atoms. The summed E-state index contributed by atoms with van der Waals surface area (Å²) >= 11 is 5.86. The molecule has 8 aliphatic heterocycles. The Bertz CT molecular complexity index is 4760. The van der Waals surface area contributed by atoms with Gasteiger partial charge in [-0.15, -0.1) is 22.0 Å². The number of phosphoric acid groups is 1. The number of fused-ring (bicyclic) bond motifs is 2. The minimum Gasteiger partial charge on any atom is -0.388 e. The van der Waals surface area contributed by atoms with E-state index in [1.807, 2.05) is 35.7 Å². The number of benzene rings is 4. The molecule has 6 amide bonds. The number of nitrogens with zero attached hydrogens (tertiary/aromatic N) is 16. The molecule has 2 N–H and O–H groups in total. The average molecular weight is 1640 g/mol. The Morgan fingerprint density at radius 2 is 1.00 bits per heavy atom. The maximum atomic E-state index is 14.4. The summed E-state index contributed by atoms with van der Waals surface area (Å²) in [6, 6.07) is 21.9. The number of rotatable bonds is 24. The Hall–Kier alpha value is -11.3. The van der Waals surface area contributed by atoms with Gasteiger partial charge in [0.25, 0.3) is 11.4 Å². The van der Waals surface area contributed by atoms with Gasteiger partial charge in [0.05, 0.1) is 57.0 Å². The van der Waals surface area contributed by atoms with Gasteiger partial charge in [-0.05, 0) is 135 Å². The van der Waals surface area contributed by atoms with Crippen molar-refractivity contribution in [2.75, 3.05) is 53.4 Å². The van der Waals surface area contributed by atoms with Crippen molar-refractivity contribution in [1.29, 1.82) is 0 Å². The number of tetrazole rings is 2. The normalized spacial score (nSPS) is 24.7. The van der Waals surface area contributed by atoms with Crippen molar-refractivity contribution in [2.45, 2.75) is 127 Å². The standard InChI is InChI=1S/C32H28N7O11P.C31H37N9O8S.C11H20N2OS/c1-19-27-26(20(2)34-25(40)17-37-18-33-35-36-37)30(41)38(27)28(32(43)47-31(42)21-13-15-22(16-14-21)39(44)45)29(19)50-51(46,48-23-9-5-3-6-10-23)49-24-11-7-4-8-12-24;1-16-9-10-37(12-16)28(42)22-11-21(13-36(22)4)49-27-17(2)25-24(18(3)33-23(41)14-38-15-32-34-35-38)29(43)39(25)26(27)31(45)48-30(44)19-5-7-20(8-6-19)40(46)47;1-8-3-4-13(6-8)11(14)10-5-9(15)7-12(10)2/h3-16,18-20,26-27H,17H2,1-2H3,(H,34,40);5-8,15-18,21-22,24-25H,9-14H2,1-4H3,(H,33,41);8-10,15H,3-7H2,1-2H3/t19-,20-,26?,27?;16-,17-,18-,21+,22+,24?,25?;8-,9+,10+/m111/s1. The second kappa shape index (κ2) is 35.6. The van der Waals surface area contributed by atoms with Crippen LogP contribution in [0.25, 0.3) is 0 Å². The molecule has 0 radical (unpaired) electrons. The molecule has 4 aromatic carbocycles. The van der Waals surface area contributed by atoms with Gasteiger partial charge in [-0.25, -0.2) is 28.5 Å². The van der Waals surface area contributed by atoms with Crippen LogP contribution in [-0.4, -0.2) is 239 Å². The number of thiol groups is 1. The number of carbonyl (C=O) groups is 10. The van der Waals surface area contributed by atoms with Gasteiger partial charge in [-0.3, -0.25) is 63.7 Å². The van der Waals surface area contributed by atoms with Crippen LogP contribution in [0.3, 0.4) is 0 Å². The first kappa shape index (κ1) is 83.1. The number of likely N-dealkylation sites (tertiary alicyclic amines) is 4. The Morgan fingerprint density at radius 1 is 0.574 bits per heavy atom. The predicted octanol–water partition coefficient (Wildman–Crippen LogP) is 5.13. The minimum absolute atomic E-state index is 0.0444. The SMILES string of the molecule is C[C@@H](NC(=O)Cn1cnnn1)C1C(=O)N2C(C(=O)OC(=O)c3ccc([N+](=O)[O-])cc3)=C(OP(=O)(Oc3ccccc3)Oc3ccccc3)[C@H](C)C12.C[C@@H]1CCN(C(=O)[C@@H]2C[C@H](S)CN2C)C1.C[C@@H]1CCN(C(=O)[C@@H]2C[C@H](SC3=C(C(=O)OC(=O)c4ccc([N+](=O)[O-])cc4)N4C(=O)C([C@@H](C)NC(=O)Cn5cnnn5)C4[C@H]3C)CN2C)C1. The van der Waals surface area contributed by atoms with Crippen molar-refractivity contribution < 1.29 is 85.4 Å². The molecule has 10 heterocycles. The first-order chi connectivity index (χ1) is 54.8. The van der Waals surface area contributed by atoms with Crippen LogP contribution in [0.2, 0.25) is 0 Å². The van der Waals surface area contributed by atoms with Gasteiger partial charge in [0.15, 0.2) is 5.70 Å². The number of non-ortho nitro benzene ring substituents is 2. The third-order valence-electron chi connectivity index (χ3n) is 21.3. The van der Waals surface area contributed by atoms with E-state index in [4.69, 9.17) is 23.0 Å². The number of likely N-dealkylation sites (N-methyl/N-ethyl adjacent to an activating group) is 2. The zero-order chi connectivity index (χ0) is 82.4. The quantitative estimate of drug-likeness (QED) is 0.0134. The van der Waals surface area contributed by atoms with E-state index in [1.54, 1.807) is 57.2 Å². The van der Waals surface area contributed by atoms with Crippen LogP contribution in [-0.2, 0) is 70.0 Å². The number of carbonyl (C=O) groups excluding carboxylic acids is 10. The first-order valence-corrected chi connectivity index (χ1v) is 40.0. The maximum absolute atomic E-state index is 14.4. The molecule has 2 aromatic heterocycles. The van der Waals surface area contributed by atoms with Crippen LogP contribution in [0.15, 0.2) is 144 Å². The van der Waals surface area contributed by atoms with Gasteiger partial charge in [0, 0.05) is 103 Å². The van der Waals surface area contributed by atoms with Crippen molar-refractivity contribution in [1.82, 2.24) is 80.4 Å². The number of amides is 6. The highest BCUT2D eigenvalue weighted by Gasteiger charge is 2.64. The first-order valence-electron chi connectivity index (χ1n) is 37.1. The van der Waals surface area contributed by atoms with Crippen LogP contribution < -0.4 is 19.7 Å². The van der Waals surface area contributed by atoms with Gasteiger partial charge in [0.1, 0.15) is 48.7 Å². The number of hydrogen-bond donors (Lipinski definition) is 3. The lowest BCUT2D eigenvalue weighted by Gasteiger charge is -2.47. The van der Waals surface area contributed by atoms with Crippen molar-refractivity contribution in [2.24, 2.45) is 35.5 Å². The fourth-order valence-corrected chi connectivity index (χ4v) is 19.0. The number of β-lactam (4-membered cyclic amide) rings is 2. The fourth-order valence-electron chi connectivity index (χ4n) is 15.6. The lowest BCUT2D eigenvalue weighted by atomic mass is 9.77. The molecule has 608 valence electrons. The molecule has 8 aliphatic rings. The van der Waals surface area contributed by atoms with Gasteiger partial charge in [-0.1, -0.05) is 64.1 Å². The monoisotopic (exact) mass is 1640 g/mol. The van der Waals surface area contributed by atoms with E-state index in [-0.39, 0.29) is 87.7 Å². The topological polar surface area (TPSA) is 451 Å². The molecule has 0 saturated carbocycles. The zero-order valence-corrected chi connectivity index (χ0v) is 66.3. The van der Waals surface area contributed by atoms with Gasteiger partial charge in [0.2, 0.25) is 35.4 Å². The van der Waals surface area contributed by atoms with Crippen LogP contribution >= 0.6 is 32.2 Å². The van der Waals surface area contributed by atoms with Crippen molar-refractivity contribution in [3.63, 3.8) is 0 Å². The number of aromatic nitrogens is 8. The summed E-state index contributed by atoms with van der Waals surface area (Å²) in [6.07, 6.45) is 6.12. The molecule has 115 heavy (non-hydrogen) atoms. The number of nitro benzene ring substituents is 2. The van der Waals surface area contributed by atoms with Crippen LogP contribution in [0, 0.1) is 55.7 Å². The number of nitrogens with one attached hydrogen (secondary N) is 2. The number of thioether (sulfide) groups is 1. The highest BCUT2D eigenvalue weighted by Crippen LogP contribution is 2.58. The van der Waals surface area contributed by atoms with E-state index in [9.17, 15) is 72.7 Å². The highest BCUT2D eigenvalue weighted by molar-refractivity contribution is 8.03. The van der Waals surface area contributed by atoms with E-state index in [1.165, 1.54) is 75.1 Å². The number of phosphoric ester groups is 1. The molecule has 6 fully saturated rings. The van der Waals surface area contributed by atoms with Crippen LogP contribution in [0.1, 0.15) is 87.9 Å². The molecule has 6 saturated heterocycles. The van der Waals surface area contributed by atoms with E-state index < -0.39 is 113 Å². The maximum Gasteiger partial charge on any atom is 0.646 e. The summed E-state index contributed by atoms with van der Waals surface area (Å²) in [5.74, 6) is -7.92. The Balaban J connectivity index is 0.000000180. The number of esters is 4. The second-order valence-corrected chi connectivity index (χ2v) is 33.1. The highest BCUT2D eigenvalue weighted by atomic mass is 32.2. The fraction of sp³-hybridized carbons (Fsp3) is 0.459. The van der Waals surface area contributed by atoms with Crippen molar-refractivity contribution in [3.8, 4) is 11.5 Å². The van der Waals surface area contributed by atoms with Gasteiger partial charge >= 0.3 is 31.7 Å². The molecule has 38 nitrogen and oxygen atoms in total. The van der Waals surface area contributed by atoms with Crippen molar-refractivity contribution >= 4 is 103 Å². The van der Waals surface area contributed by atoms with E-state index in [0.717, 1.165) is 93.3 Å². The lowest BCUT2D eigenvalue weighted by molar-refractivity contribution is -0.385. The number of nitro groups is 2. The van der Waals surface area contributed by atoms with Crippen LogP contribution in [0.4, 0.5) is 11.4 Å². The van der Waals surface area contributed by atoms with Crippen molar-refractivity contribution in [3.05, 3.63) is 175 Å². The largest absolute Gasteiger partial charge is 0.646 e. The lowest BCUT2D eigenvalue weighted by Crippen LogP contribution is -2.66. The summed E-state index contributed by atoms with van der Waals surface area (Å²) in [5.41, 5.74) is -1.38. The predicted molar refractivity (Wildman–Crippen MR) is 408 cm³/mol. The summed E-state index contributed by atoms with van der Waals surface area (Å²) in [6.45, 7) is 15.6. The van der Waals surface area contributed by atoms with Gasteiger partial charge in [-0.2, -0.15) is 17.2 Å². The third kappa shape index (κ3) is 18.7. The van der Waals surface area contributed by atoms with E-state index in [0.29, 0.717) is 40.9 Å². The Labute approximate surface area is 668 Å². The molecule has 14 atom stereocenters. The molecule has 4 unspecified atom stereocenters. The zero-order valence-electron chi connectivity index (χ0n) is 63.7. The second-order valence-electron chi connectivity index (χ2n) is 29.6. The Kier molecular flexibility index (Phi) is 25.7. The number of hydrogen-bond acceptors (Lipinski definition) is 30. The van der Waals surface area contributed by atoms with Crippen LogP contribution in [0.5, 0.6) is 11.5 Å².